The highest BCUT2D eigenvalue weighted by Crippen LogP contribution is 2.32. The number of carbonyl (C=O) groups is 1. The Balaban J connectivity index is 1.44. The Labute approximate surface area is 193 Å². The van der Waals surface area contributed by atoms with E-state index in [1.807, 2.05) is 6.92 Å². The summed E-state index contributed by atoms with van der Waals surface area (Å²) in [5.74, 6) is 0.351. The molecule has 1 aliphatic rings. The minimum Gasteiger partial charge on any atom is -0.337 e. The molecule has 0 aliphatic carbocycles. The Bertz CT molecular complexity index is 1130. The SMILES string of the molecule is CC(c1nc(-c2cccc(C(F)(F)F)c2)no1)N1CCCN(C(=O)c2cccc(Cl)c2)CC1. The van der Waals surface area contributed by atoms with Crippen LogP contribution in [0.2, 0.25) is 5.02 Å². The van der Waals surface area contributed by atoms with Crippen LogP contribution < -0.4 is 0 Å². The number of halogens is 4. The number of benzene rings is 2. The van der Waals surface area contributed by atoms with Crippen LogP contribution in [0.3, 0.4) is 0 Å². The van der Waals surface area contributed by atoms with E-state index in [-0.39, 0.29) is 23.3 Å². The second-order valence-electron chi connectivity index (χ2n) is 7.90. The highest BCUT2D eigenvalue weighted by atomic mass is 35.5. The van der Waals surface area contributed by atoms with Gasteiger partial charge in [-0.3, -0.25) is 9.69 Å². The summed E-state index contributed by atoms with van der Waals surface area (Å²) < 4.78 is 44.4. The van der Waals surface area contributed by atoms with Gasteiger partial charge >= 0.3 is 6.18 Å². The van der Waals surface area contributed by atoms with Gasteiger partial charge in [-0.1, -0.05) is 35.0 Å². The third-order valence-electron chi connectivity index (χ3n) is 5.68. The summed E-state index contributed by atoms with van der Waals surface area (Å²) >= 11 is 6.01. The van der Waals surface area contributed by atoms with Gasteiger partial charge in [-0.25, -0.2) is 0 Å². The number of hydrogen-bond acceptors (Lipinski definition) is 5. The van der Waals surface area contributed by atoms with Gasteiger partial charge in [0.25, 0.3) is 5.91 Å². The number of nitrogens with zero attached hydrogens (tertiary/aromatic N) is 4. The van der Waals surface area contributed by atoms with Crippen LogP contribution in [0.5, 0.6) is 0 Å². The molecule has 1 atom stereocenters. The summed E-state index contributed by atoms with van der Waals surface area (Å²) in [6.45, 7) is 4.33. The molecule has 0 bridgehead atoms. The van der Waals surface area contributed by atoms with E-state index in [1.54, 1.807) is 29.2 Å². The molecule has 0 saturated carbocycles. The van der Waals surface area contributed by atoms with Gasteiger partial charge in [-0.2, -0.15) is 18.2 Å². The first-order valence-electron chi connectivity index (χ1n) is 10.5. The van der Waals surface area contributed by atoms with Crippen molar-refractivity contribution in [1.82, 2.24) is 19.9 Å². The molecule has 3 aromatic rings. The number of aromatic nitrogens is 2. The van der Waals surface area contributed by atoms with E-state index >= 15 is 0 Å². The molecule has 4 rings (SSSR count). The lowest BCUT2D eigenvalue weighted by molar-refractivity contribution is -0.137. The van der Waals surface area contributed by atoms with Crippen LogP contribution in [0.4, 0.5) is 13.2 Å². The zero-order valence-corrected chi connectivity index (χ0v) is 18.6. The van der Waals surface area contributed by atoms with E-state index in [0.717, 1.165) is 18.6 Å². The fourth-order valence-electron chi connectivity index (χ4n) is 3.84. The highest BCUT2D eigenvalue weighted by molar-refractivity contribution is 6.30. The predicted octanol–water partition coefficient (Wildman–Crippen LogP) is 5.32. The summed E-state index contributed by atoms with van der Waals surface area (Å²) in [5, 5.41) is 4.40. The molecule has 0 radical (unpaired) electrons. The lowest BCUT2D eigenvalue weighted by atomic mass is 10.1. The molecule has 1 amide bonds. The molecule has 33 heavy (non-hydrogen) atoms. The van der Waals surface area contributed by atoms with E-state index in [2.05, 4.69) is 15.0 Å². The molecular weight excluding hydrogens is 457 g/mol. The Morgan fingerprint density at radius 2 is 1.88 bits per heavy atom. The molecule has 0 spiro atoms. The molecule has 2 heterocycles. The van der Waals surface area contributed by atoms with Crippen molar-refractivity contribution < 1.29 is 22.5 Å². The highest BCUT2D eigenvalue weighted by Gasteiger charge is 2.31. The van der Waals surface area contributed by atoms with Gasteiger partial charge in [0.1, 0.15) is 0 Å². The van der Waals surface area contributed by atoms with Crippen molar-refractivity contribution >= 4 is 17.5 Å². The summed E-state index contributed by atoms with van der Waals surface area (Å²) in [5.41, 5.74) is 0.0178. The van der Waals surface area contributed by atoms with Crippen LogP contribution in [0.1, 0.15) is 41.2 Å². The monoisotopic (exact) mass is 478 g/mol. The average Bonchev–Trinajstić information content (AvgIpc) is 3.16. The largest absolute Gasteiger partial charge is 0.416 e. The Morgan fingerprint density at radius 1 is 1.09 bits per heavy atom. The molecule has 0 N–H and O–H groups in total. The molecule has 1 aliphatic heterocycles. The lowest BCUT2D eigenvalue weighted by Crippen LogP contribution is -2.36. The number of rotatable bonds is 4. The summed E-state index contributed by atoms with van der Waals surface area (Å²) in [4.78, 5) is 21.1. The standard InChI is InChI=1S/C23H22ClF3N4O2/c1-15(21-28-20(29-33-21)16-5-2-7-18(13-16)23(25,26)27)30-9-4-10-31(12-11-30)22(32)17-6-3-8-19(24)14-17/h2-3,5-8,13-15H,4,9-12H2,1H3. The molecule has 10 heteroatoms. The maximum Gasteiger partial charge on any atom is 0.416 e. The third-order valence-corrected chi connectivity index (χ3v) is 5.92. The second-order valence-corrected chi connectivity index (χ2v) is 8.34. The van der Waals surface area contributed by atoms with Gasteiger partial charge in [-0.15, -0.1) is 0 Å². The van der Waals surface area contributed by atoms with Crippen LogP contribution in [-0.4, -0.2) is 52.0 Å². The Hall–Kier alpha value is -2.91. The molecule has 174 valence electrons. The number of alkyl halides is 3. The fourth-order valence-corrected chi connectivity index (χ4v) is 4.04. The predicted molar refractivity (Wildman–Crippen MR) is 117 cm³/mol. The Kier molecular flexibility index (Phi) is 6.71. The lowest BCUT2D eigenvalue weighted by Gasteiger charge is -2.25. The van der Waals surface area contributed by atoms with Gasteiger partial charge in [0.15, 0.2) is 0 Å². The Morgan fingerprint density at radius 3 is 2.64 bits per heavy atom. The maximum atomic E-state index is 13.0. The van der Waals surface area contributed by atoms with Gasteiger partial charge in [0, 0.05) is 42.3 Å². The summed E-state index contributed by atoms with van der Waals surface area (Å²) in [7, 11) is 0. The van der Waals surface area contributed by atoms with Crippen molar-refractivity contribution in [3.8, 4) is 11.4 Å². The van der Waals surface area contributed by atoms with Crippen LogP contribution in [0, 0.1) is 0 Å². The van der Waals surface area contributed by atoms with Gasteiger partial charge in [0.2, 0.25) is 11.7 Å². The van der Waals surface area contributed by atoms with Crippen molar-refractivity contribution in [3.05, 3.63) is 70.6 Å². The topological polar surface area (TPSA) is 62.5 Å². The average molecular weight is 479 g/mol. The zero-order chi connectivity index (χ0) is 23.6. The number of amides is 1. The second kappa shape index (κ2) is 9.52. The van der Waals surface area contributed by atoms with Crippen LogP contribution >= 0.6 is 11.6 Å². The summed E-state index contributed by atoms with van der Waals surface area (Å²) in [6.07, 6.45) is -3.69. The van der Waals surface area contributed by atoms with Gasteiger partial charge < -0.3 is 9.42 Å². The molecule has 1 unspecified atom stereocenters. The first-order valence-corrected chi connectivity index (χ1v) is 10.9. The first kappa shape index (κ1) is 23.3. The van der Waals surface area contributed by atoms with Crippen LogP contribution in [0.25, 0.3) is 11.4 Å². The van der Waals surface area contributed by atoms with E-state index in [9.17, 15) is 18.0 Å². The summed E-state index contributed by atoms with van der Waals surface area (Å²) in [6, 6.07) is 11.5. The van der Waals surface area contributed by atoms with Crippen molar-refractivity contribution in [2.75, 3.05) is 26.2 Å². The fraction of sp³-hybridized carbons (Fsp3) is 0.348. The van der Waals surface area contributed by atoms with Gasteiger partial charge in [0.05, 0.1) is 11.6 Å². The van der Waals surface area contributed by atoms with E-state index in [1.165, 1.54) is 12.1 Å². The minimum absolute atomic E-state index is 0.0726. The van der Waals surface area contributed by atoms with Crippen LogP contribution in [0.15, 0.2) is 53.1 Å². The zero-order valence-electron chi connectivity index (χ0n) is 17.8. The molecule has 1 aromatic heterocycles. The third kappa shape index (κ3) is 5.36. The minimum atomic E-state index is -4.45. The van der Waals surface area contributed by atoms with Crippen LogP contribution in [-0.2, 0) is 6.18 Å². The van der Waals surface area contributed by atoms with E-state index < -0.39 is 11.7 Å². The molecule has 1 fully saturated rings. The molecule has 2 aromatic carbocycles. The van der Waals surface area contributed by atoms with Crippen molar-refractivity contribution in [3.63, 3.8) is 0 Å². The first-order chi connectivity index (χ1) is 15.7. The maximum absolute atomic E-state index is 13.0. The normalized spacial score (nSPS) is 16.5. The van der Waals surface area contributed by atoms with Crippen molar-refractivity contribution in [2.45, 2.75) is 25.6 Å². The molecule has 6 nitrogen and oxygen atoms in total. The smallest absolute Gasteiger partial charge is 0.337 e. The molecular formula is C23H22ClF3N4O2. The quantitative estimate of drug-likeness (QED) is 0.508. The number of carbonyl (C=O) groups excluding carboxylic acids is 1. The van der Waals surface area contributed by atoms with Crippen molar-refractivity contribution in [2.24, 2.45) is 0 Å². The van der Waals surface area contributed by atoms with Crippen molar-refractivity contribution in [1.29, 1.82) is 0 Å². The number of hydrogen-bond donors (Lipinski definition) is 0. The van der Waals surface area contributed by atoms with Gasteiger partial charge in [-0.05, 0) is 43.7 Å². The van der Waals surface area contributed by atoms with E-state index in [0.29, 0.717) is 42.7 Å². The molecule has 1 saturated heterocycles. The van der Waals surface area contributed by atoms with E-state index in [4.69, 9.17) is 16.1 Å².